The molecule has 3 atom stereocenters. The van der Waals surface area contributed by atoms with Gasteiger partial charge in [-0.2, -0.15) is 0 Å². The van der Waals surface area contributed by atoms with Gasteiger partial charge in [-0.3, -0.25) is 19.8 Å². The average molecular weight is 625 g/mol. The third-order valence-electron chi connectivity index (χ3n) is 9.94. The van der Waals surface area contributed by atoms with E-state index in [9.17, 15) is 19.5 Å². The van der Waals surface area contributed by atoms with Crippen LogP contribution in [0.25, 0.3) is 11.1 Å². The summed E-state index contributed by atoms with van der Waals surface area (Å²) in [5, 5.41) is 12.3. The van der Waals surface area contributed by atoms with Crippen molar-refractivity contribution in [1.82, 2.24) is 14.7 Å². The predicted molar refractivity (Wildman–Crippen MR) is 177 cm³/mol. The number of ether oxygens (including phenoxy) is 1. The first-order valence-electron chi connectivity index (χ1n) is 16.5. The van der Waals surface area contributed by atoms with E-state index in [1.54, 1.807) is 4.90 Å². The van der Waals surface area contributed by atoms with E-state index in [1.165, 1.54) is 5.56 Å². The molecule has 0 bridgehead atoms. The molecule has 1 aliphatic carbocycles. The molecule has 3 aromatic carbocycles. The van der Waals surface area contributed by atoms with Gasteiger partial charge in [0.15, 0.2) is 0 Å². The number of hydrogen-bond acceptors (Lipinski definition) is 6. The average Bonchev–Trinajstić information content (AvgIpc) is 3.64. The number of carbonyl (C=O) groups excluding carboxylic acids is 2. The van der Waals surface area contributed by atoms with Crippen molar-refractivity contribution in [1.29, 1.82) is 0 Å². The first kappa shape index (κ1) is 31.8. The molecule has 242 valence electrons. The van der Waals surface area contributed by atoms with Gasteiger partial charge in [-0.05, 0) is 66.8 Å². The van der Waals surface area contributed by atoms with Gasteiger partial charge in [-0.1, -0.05) is 60.7 Å². The number of likely N-dealkylation sites (N-methyl/N-ethyl adjacent to an activating group) is 1. The molecule has 9 heteroatoms. The lowest BCUT2D eigenvalue weighted by Gasteiger charge is -2.32. The van der Waals surface area contributed by atoms with Gasteiger partial charge >= 0.3 is 12.1 Å². The number of carbonyl (C=O) groups is 3. The topological polar surface area (TPSA) is 102 Å². The Morgan fingerprint density at radius 1 is 0.870 bits per heavy atom. The molecule has 2 aliphatic heterocycles. The maximum absolute atomic E-state index is 13.1. The minimum absolute atomic E-state index is 0.00708. The van der Waals surface area contributed by atoms with Gasteiger partial charge in [0.1, 0.15) is 6.10 Å². The molecule has 3 aliphatic rings. The first-order valence-corrected chi connectivity index (χ1v) is 16.5. The molecule has 0 unspecified atom stereocenters. The zero-order chi connectivity index (χ0) is 32.0. The smallest absolute Gasteiger partial charge is 0.411 e. The normalized spacial score (nSPS) is 21.9. The van der Waals surface area contributed by atoms with Crippen LogP contribution in [0.4, 0.5) is 10.5 Å². The van der Waals surface area contributed by atoms with Crippen LogP contribution in [0.3, 0.4) is 0 Å². The lowest BCUT2D eigenvalue weighted by Crippen LogP contribution is -2.42. The van der Waals surface area contributed by atoms with Gasteiger partial charge in [0.05, 0.1) is 11.6 Å². The third kappa shape index (κ3) is 7.77. The molecular weight excluding hydrogens is 580 g/mol. The van der Waals surface area contributed by atoms with Crippen molar-refractivity contribution in [2.75, 3.05) is 51.6 Å². The zero-order valence-electron chi connectivity index (χ0n) is 26.5. The first-order chi connectivity index (χ1) is 22.3. The lowest BCUT2D eigenvalue weighted by atomic mass is 10.0. The SMILES string of the molecule is CN(CCN1CCC(OC(=O)Nc2ccccc2-c2ccccc2)CC1)C(=O)c1ccc(CN2C[C@H]3C[C@H](C(=O)O)C[C@H]3C2)cc1. The van der Waals surface area contributed by atoms with E-state index >= 15 is 0 Å². The van der Waals surface area contributed by atoms with Crippen molar-refractivity contribution in [3.05, 3.63) is 90.0 Å². The molecule has 1 saturated carbocycles. The van der Waals surface area contributed by atoms with Crippen LogP contribution in [0.5, 0.6) is 0 Å². The number of benzene rings is 3. The number of likely N-dealkylation sites (tertiary alicyclic amines) is 2. The molecular formula is C37H44N4O5. The summed E-state index contributed by atoms with van der Waals surface area (Å²) in [6.45, 7) is 5.75. The molecule has 3 fully saturated rings. The maximum Gasteiger partial charge on any atom is 0.411 e. The number of amides is 2. The Labute approximate surface area is 271 Å². The maximum atomic E-state index is 13.1. The Bertz CT molecular complexity index is 1490. The minimum Gasteiger partial charge on any atom is -0.481 e. The third-order valence-corrected chi connectivity index (χ3v) is 9.94. The second-order valence-corrected chi connectivity index (χ2v) is 13.1. The molecule has 6 rings (SSSR count). The molecule has 2 heterocycles. The van der Waals surface area contributed by atoms with Crippen LogP contribution < -0.4 is 5.32 Å². The Balaban J connectivity index is 0.899. The highest BCUT2D eigenvalue weighted by Crippen LogP contribution is 2.42. The van der Waals surface area contributed by atoms with Crippen LogP contribution in [0, 0.1) is 17.8 Å². The second kappa shape index (κ2) is 14.5. The summed E-state index contributed by atoms with van der Waals surface area (Å²) >= 11 is 0. The van der Waals surface area contributed by atoms with E-state index in [2.05, 4.69) is 15.1 Å². The van der Waals surface area contributed by atoms with Crippen LogP contribution in [0.2, 0.25) is 0 Å². The fourth-order valence-electron chi connectivity index (χ4n) is 7.36. The standard InChI is InChI=1S/C37H44N4O5/c1-39(35(42)28-13-11-26(12-14-28)23-41-24-30-21-29(36(43)44)22-31(30)25-41)19-20-40-17-15-32(16-18-40)46-37(45)38-34-10-6-5-9-33(34)27-7-3-2-4-8-27/h2-14,29-32H,15-25H2,1H3,(H,38,45)(H,43,44)/t29-,30+,31-. The van der Waals surface area contributed by atoms with E-state index in [1.807, 2.05) is 85.9 Å². The zero-order valence-corrected chi connectivity index (χ0v) is 26.5. The summed E-state index contributed by atoms with van der Waals surface area (Å²) in [5.41, 5.74) is 4.57. The number of anilines is 1. The van der Waals surface area contributed by atoms with Gasteiger partial charge in [0, 0.05) is 64.0 Å². The van der Waals surface area contributed by atoms with Crippen molar-refractivity contribution in [2.24, 2.45) is 17.8 Å². The number of carboxylic acids is 1. The van der Waals surface area contributed by atoms with Crippen molar-refractivity contribution in [3.8, 4) is 11.1 Å². The summed E-state index contributed by atoms with van der Waals surface area (Å²) in [6.07, 6.45) is 2.53. The number of aliphatic carboxylic acids is 1. The molecule has 2 saturated heterocycles. The Morgan fingerprint density at radius 2 is 1.52 bits per heavy atom. The quantitative estimate of drug-likeness (QED) is 0.299. The van der Waals surface area contributed by atoms with Crippen molar-refractivity contribution < 1.29 is 24.2 Å². The number of piperidine rings is 1. The fourth-order valence-corrected chi connectivity index (χ4v) is 7.36. The predicted octanol–water partition coefficient (Wildman–Crippen LogP) is 5.68. The van der Waals surface area contributed by atoms with E-state index < -0.39 is 12.1 Å². The molecule has 2 N–H and O–H groups in total. The van der Waals surface area contributed by atoms with Crippen LogP contribution in [-0.4, -0.2) is 90.2 Å². The summed E-state index contributed by atoms with van der Waals surface area (Å²) in [4.78, 5) is 43.7. The number of para-hydroxylation sites is 1. The van der Waals surface area contributed by atoms with Crippen LogP contribution in [0.15, 0.2) is 78.9 Å². The molecule has 3 aromatic rings. The van der Waals surface area contributed by atoms with Crippen molar-refractivity contribution in [2.45, 2.75) is 38.3 Å². The van der Waals surface area contributed by atoms with Crippen LogP contribution in [-0.2, 0) is 16.1 Å². The number of fused-ring (bicyclic) bond motifs is 1. The van der Waals surface area contributed by atoms with Gasteiger partial charge in [-0.25, -0.2) is 4.79 Å². The van der Waals surface area contributed by atoms with E-state index in [0.29, 0.717) is 23.9 Å². The number of nitrogens with one attached hydrogen (secondary N) is 1. The minimum atomic E-state index is -0.649. The lowest BCUT2D eigenvalue weighted by molar-refractivity contribution is -0.141. The molecule has 0 spiro atoms. The number of nitrogens with zero attached hydrogens (tertiary/aromatic N) is 3. The monoisotopic (exact) mass is 624 g/mol. The highest BCUT2D eigenvalue weighted by Gasteiger charge is 2.43. The largest absolute Gasteiger partial charge is 0.481 e. The Hall–Kier alpha value is -4.21. The number of carboxylic acid groups (broad SMARTS) is 1. The highest BCUT2D eigenvalue weighted by atomic mass is 16.6. The second-order valence-electron chi connectivity index (χ2n) is 13.1. The molecule has 2 amide bonds. The van der Waals surface area contributed by atoms with Crippen LogP contribution in [0.1, 0.15) is 41.6 Å². The van der Waals surface area contributed by atoms with Crippen LogP contribution >= 0.6 is 0 Å². The molecule has 9 nitrogen and oxygen atoms in total. The van der Waals surface area contributed by atoms with Gasteiger partial charge < -0.3 is 19.6 Å². The highest BCUT2D eigenvalue weighted by molar-refractivity contribution is 5.94. The summed E-state index contributed by atoms with van der Waals surface area (Å²) < 4.78 is 5.77. The fraction of sp³-hybridized carbons (Fsp3) is 0.432. The summed E-state index contributed by atoms with van der Waals surface area (Å²) in [7, 11) is 1.84. The van der Waals surface area contributed by atoms with Crippen molar-refractivity contribution >= 4 is 23.7 Å². The summed E-state index contributed by atoms with van der Waals surface area (Å²) in [5.74, 6) is 0.161. The number of hydrogen-bond donors (Lipinski definition) is 2. The molecule has 0 aromatic heterocycles. The van der Waals surface area contributed by atoms with E-state index in [-0.39, 0.29) is 17.9 Å². The van der Waals surface area contributed by atoms with E-state index in [0.717, 1.165) is 81.8 Å². The van der Waals surface area contributed by atoms with Crippen molar-refractivity contribution in [3.63, 3.8) is 0 Å². The Kier molecular flexibility index (Phi) is 10.00. The van der Waals surface area contributed by atoms with Gasteiger partial charge in [-0.15, -0.1) is 0 Å². The molecule has 0 radical (unpaired) electrons. The van der Waals surface area contributed by atoms with Gasteiger partial charge in [0.25, 0.3) is 5.91 Å². The molecule has 46 heavy (non-hydrogen) atoms. The summed E-state index contributed by atoms with van der Waals surface area (Å²) in [6, 6.07) is 25.6. The number of rotatable bonds is 10. The van der Waals surface area contributed by atoms with Gasteiger partial charge in [0.2, 0.25) is 0 Å². The Morgan fingerprint density at radius 3 is 2.20 bits per heavy atom. The van der Waals surface area contributed by atoms with E-state index in [4.69, 9.17) is 4.74 Å².